The molecule has 0 radical (unpaired) electrons. The molecule has 3 aliphatic rings. The molecule has 0 aromatic heterocycles. The molecule has 3 atom stereocenters. The number of amides is 2. The van der Waals surface area contributed by atoms with Gasteiger partial charge in [0.1, 0.15) is 12.6 Å². The monoisotopic (exact) mass is 474 g/mol. The van der Waals surface area contributed by atoms with Crippen LogP contribution in [0.2, 0.25) is 0 Å². The highest BCUT2D eigenvalue weighted by atomic mass is 16.5. The summed E-state index contributed by atoms with van der Waals surface area (Å²) in [6, 6.07) is 15.2. The van der Waals surface area contributed by atoms with Crippen molar-refractivity contribution < 1.29 is 24.2 Å². The van der Waals surface area contributed by atoms with E-state index in [4.69, 9.17) is 4.74 Å². The van der Waals surface area contributed by atoms with Crippen molar-refractivity contribution in [1.29, 1.82) is 0 Å². The molecule has 7 nitrogen and oxygen atoms in total. The summed E-state index contributed by atoms with van der Waals surface area (Å²) in [5.41, 5.74) is 4.16. The molecule has 0 saturated carbocycles. The van der Waals surface area contributed by atoms with Gasteiger partial charge in [-0.2, -0.15) is 0 Å². The molecule has 2 amide bonds. The molecule has 1 aliphatic heterocycles. The minimum atomic E-state index is -0.976. The molecule has 2 N–H and O–H groups in total. The summed E-state index contributed by atoms with van der Waals surface area (Å²) < 4.78 is 5.62. The third-order valence-electron chi connectivity index (χ3n) is 7.61. The predicted octanol–water partition coefficient (Wildman–Crippen LogP) is 4.18. The lowest BCUT2D eigenvalue weighted by atomic mass is 9.84. The van der Waals surface area contributed by atoms with Crippen LogP contribution in [0, 0.1) is 11.3 Å². The predicted molar refractivity (Wildman–Crippen MR) is 131 cm³/mol. The number of likely N-dealkylation sites (tertiary alicyclic amines) is 1. The Kier molecular flexibility index (Phi) is 5.87. The Balaban J connectivity index is 1.17. The second-order valence-corrected chi connectivity index (χ2v) is 10.3. The van der Waals surface area contributed by atoms with Crippen molar-refractivity contribution in [1.82, 2.24) is 10.2 Å². The minimum absolute atomic E-state index is 0.0203. The zero-order valence-corrected chi connectivity index (χ0v) is 19.9. The molecule has 1 saturated heterocycles. The van der Waals surface area contributed by atoms with Gasteiger partial charge in [-0.3, -0.25) is 4.79 Å². The maximum atomic E-state index is 13.1. The zero-order chi connectivity index (χ0) is 24.7. The van der Waals surface area contributed by atoms with E-state index in [1.165, 1.54) is 16.0 Å². The maximum absolute atomic E-state index is 13.1. The quantitative estimate of drug-likeness (QED) is 0.634. The SMILES string of the molecule is CC1(C)CCN(C(=O)C2C=CC(NC(=O)OCC3c4ccccc4-c4ccccc43)C2)C1C(=O)O. The molecule has 1 fully saturated rings. The van der Waals surface area contributed by atoms with Crippen molar-refractivity contribution in [3.05, 3.63) is 71.8 Å². The lowest BCUT2D eigenvalue weighted by molar-refractivity contribution is -0.152. The van der Waals surface area contributed by atoms with Crippen molar-refractivity contribution in [3.63, 3.8) is 0 Å². The number of carbonyl (C=O) groups is 3. The standard InChI is InChI=1S/C28H30N2O5/c1-28(2)13-14-30(24(28)26(32)33)25(31)17-11-12-18(15-17)29-27(34)35-16-23-21-9-5-3-7-19(21)20-8-4-6-10-22(20)23/h3-12,17-18,23-24H,13-16H2,1-2H3,(H,29,34)(H,32,33). The number of rotatable bonds is 5. The number of ether oxygens (including phenoxy) is 1. The molecule has 5 rings (SSSR count). The van der Waals surface area contributed by atoms with Crippen LogP contribution in [0.4, 0.5) is 4.79 Å². The molecule has 0 bridgehead atoms. The molecular weight excluding hydrogens is 444 g/mol. The van der Waals surface area contributed by atoms with Crippen LogP contribution < -0.4 is 5.32 Å². The second kappa shape index (κ2) is 8.87. The van der Waals surface area contributed by atoms with Gasteiger partial charge >= 0.3 is 12.1 Å². The fraction of sp³-hybridized carbons (Fsp3) is 0.393. The highest BCUT2D eigenvalue weighted by molar-refractivity contribution is 5.88. The molecule has 2 aromatic rings. The lowest BCUT2D eigenvalue weighted by Crippen LogP contribution is -2.48. The van der Waals surface area contributed by atoms with E-state index in [1.54, 1.807) is 12.2 Å². The van der Waals surface area contributed by atoms with Crippen LogP contribution in [0.3, 0.4) is 0 Å². The molecule has 3 unspecified atom stereocenters. The Hall–Kier alpha value is -3.61. The number of carboxylic acids is 1. The average Bonchev–Trinajstić information content (AvgIpc) is 3.51. The number of nitrogens with zero attached hydrogens (tertiary/aromatic N) is 1. The number of carbonyl (C=O) groups excluding carboxylic acids is 2. The van der Waals surface area contributed by atoms with E-state index in [9.17, 15) is 19.5 Å². The number of carboxylic acid groups (broad SMARTS) is 1. The van der Waals surface area contributed by atoms with Crippen molar-refractivity contribution in [2.45, 2.75) is 44.7 Å². The summed E-state index contributed by atoms with van der Waals surface area (Å²) in [7, 11) is 0. The summed E-state index contributed by atoms with van der Waals surface area (Å²) in [5.74, 6) is -1.65. The van der Waals surface area contributed by atoms with Gasteiger partial charge in [0.2, 0.25) is 5.91 Å². The fourth-order valence-corrected chi connectivity index (χ4v) is 5.79. The summed E-state index contributed by atoms with van der Waals surface area (Å²) in [6.45, 7) is 4.41. The Morgan fingerprint density at radius 3 is 2.29 bits per heavy atom. The molecule has 7 heteroatoms. The van der Waals surface area contributed by atoms with Gasteiger partial charge in [-0.25, -0.2) is 9.59 Å². The van der Waals surface area contributed by atoms with Gasteiger partial charge in [-0.15, -0.1) is 0 Å². The normalized spacial score (nSPS) is 24.2. The third-order valence-corrected chi connectivity index (χ3v) is 7.61. The smallest absolute Gasteiger partial charge is 0.407 e. The molecule has 2 aromatic carbocycles. The summed E-state index contributed by atoms with van der Waals surface area (Å²) in [6.07, 6.45) is 4.07. The van der Waals surface area contributed by atoms with Gasteiger partial charge < -0.3 is 20.1 Å². The highest BCUT2D eigenvalue weighted by Gasteiger charge is 2.48. The number of nitrogens with one attached hydrogen (secondary N) is 1. The Bertz CT molecular complexity index is 1160. The summed E-state index contributed by atoms with van der Waals surface area (Å²) >= 11 is 0. The van der Waals surface area contributed by atoms with Gasteiger partial charge in [0, 0.05) is 12.5 Å². The van der Waals surface area contributed by atoms with Crippen LogP contribution in [-0.4, -0.2) is 53.2 Å². The topological polar surface area (TPSA) is 95.9 Å². The average molecular weight is 475 g/mol. The fourth-order valence-electron chi connectivity index (χ4n) is 5.79. The van der Waals surface area contributed by atoms with Crippen molar-refractivity contribution >= 4 is 18.0 Å². The first kappa shape index (κ1) is 23.1. The van der Waals surface area contributed by atoms with Crippen molar-refractivity contribution in [2.75, 3.05) is 13.2 Å². The number of fused-ring (bicyclic) bond motifs is 3. The molecule has 1 heterocycles. The van der Waals surface area contributed by atoms with Crippen molar-refractivity contribution in [3.8, 4) is 11.1 Å². The van der Waals surface area contributed by atoms with Gasteiger partial charge in [-0.1, -0.05) is 74.5 Å². The first-order chi connectivity index (χ1) is 16.8. The van der Waals surface area contributed by atoms with Gasteiger partial charge in [0.15, 0.2) is 0 Å². The zero-order valence-electron chi connectivity index (χ0n) is 19.9. The molecule has 182 valence electrons. The van der Waals surface area contributed by atoms with Crippen LogP contribution in [0.15, 0.2) is 60.7 Å². The van der Waals surface area contributed by atoms with Gasteiger partial charge in [0.25, 0.3) is 0 Å². The van der Waals surface area contributed by atoms with Gasteiger partial charge in [0.05, 0.1) is 12.0 Å². The number of hydrogen-bond donors (Lipinski definition) is 2. The van der Waals surface area contributed by atoms with E-state index in [2.05, 4.69) is 29.6 Å². The van der Waals surface area contributed by atoms with Crippen molar-refractivity contribution in [2.24, 2.45) is 11.3 Å². The second-order valence-electron chi connectivity index (χ2n) is 10.3. The van der Waals surface area contributed by atoms with Crippen LogP contribution in [0.1, 0.15) is 43.7 Å². The van der Waals surface area contributed by atoms with E-state index in [-0.39, 0.29) is 24.5 Å². The first-order valence-corrected chi connectivity index (χ1v) is 12.1. The minimum Gasteiger partial charge on any atom is -0.480 e. The first-order valence-electron chi connectivity index (χ1n) is 12.1. The van der Waals surface area contributed by atoms with Crippen LogP contribution in [0.25, 0.3) is 11.1 Å². The maximum Gasteiger partial charge on any atom is 0.407 e. The highest BCUT2D eigenvalue weighted by Crippen LogP contribution is 2.44. The number of alkyl carbamates (subject to hydrolysis) is 1. The van der Waals surface area contributed by atoms with E-state index < -0.39 is 29.4 Å². The largest absolute Gasteiger partial charge is 0.480 e. The van der Waals surface area contributed by atoms with Crippen LogP contribution in [-0.2, 0) is 14.3 Å². The summed E-state index contributed by atoms with van der Waals surface area (Å²) in [4.78, 5) is 39.0. The van der Waals surface area contributed by atoms with Crippen LogP contribution >= 0.6 is 0 Å². The number of hydrogen-bond acceptors (Lipinski definition) is 4. The molecule has 35 heavy (non-hydrogen) atoms. The van der Waals surface area contributed by atoms with E-state index in [1.807, 2.05) is 38.1 Å². The summed E-state index contributed by atoms with van der Waals surface area (Å²) in [5, 5.41) is 12.5. The van der Waals surface area contributed by atoms with E-state index in [0.717, 1.165) is 11.1 Å². The van der Waals surface area contributed by atoms with Crippen LogP contribution in [0.5, 0.6) is 0 Å². The number of aliphatic carboxylic acids is 1. The number of benzene rings is 2. The molecule has 0 spiro atoms. The third kappa shape index (κ3) is 4.20. The van der Waals surface area contributed by atoms with Gasteiger partial charge in [-0.05, 0) is 40.5 Å². The lowest BCUT2D eigenvalue weighted by Gasteiger charge is -2.30. The Morgan fingerprint density at radius 2 is 1.66 bits per heavy atom. The van der Waals surface area contributed by atoms with E-state index in [0.29, 0.717) is 19.4 Å². The van der Waals surface area contributed by atoms with E-state index >= 15 is 0 Å². The molecular formula is C28H30N2O5. The molecule has 2 aliphatic carbocycles. The Morgan fingerprint density at radius 1 is 1.03 bits per heavy atom. The Labute approximate surface area is 204 Å².